The zero-order valence-corrected chi connectivity index (χ0v) is 52.3. The van der Waals surface area contributed by atoms with Gasteiger partial charge < -0.3 is 96.4 Å². The third-order valence-electron chi connectivity index (χ3n) is 14.8. The summed E-state index contributed by atoms with van der Waals surface area (Å²) in [5.41, 5.74) is 23.0. The summed E-state index contributed by atoms with van der Waals surface area (Å²) < 4.78 is 0. The topological polar surface area (TPSA) is 519 Å². The number of nitrogens with one attached hydrogen (secondary N) is 11. The number of amides is 10. The molecule has 0 saturated carbocycles. The SMILES string of the molecule is Cc1c(N)nc([C@H](CC(N)=O)NC[C@H](N)C(N)=O)nc1C(=O)N[C@H](C(=O)N[C@H](C)[C@@H](O)[C@H](C)C(=O)N[C@H](C(=O)NCCc1nc(-c2nc(C(=O)NCCCNCCCCNC(=O)CCCC[C@@H]3SC[C@@H]4NC(=O)NC43)cs2)cs1)[C@@H](C)O)[C@@H](O)c1cnc[nH]1. The zero-order chi connectivity index (χ0) is 64.9. The van der Waals surface area contributed by atoms with Crippen molar-refractivity contribution in [2.75, 3.05) is 50.8 Å². The lowest BCUT2D eigenvalue weighted by Crippen LogP contribution is -2.57. The minimum atomic E-state index is -1.82. The first kappa shape index (κ1) is 70.6. The molecular formula is C54H82N20O12S3. The van der Waals surface area contributed by atoms with Gasteiger partial charge in [-0.15, -0.1) is 22.7 Å². The van der Waals surface area contributed by atoms with Gasteiger partial charge >= 0.3 is 6.03 Å². The maximum absolute atomic E-state index is 14.0. The summed E-state index contributed by atoms with van der Waals surface area (Å²) in [7, 11) is 0. The predicted molar refractivity (Wildman–Crippen MR) is 330 cm³/mol. The molecule has 32 nitrogen and oxygen atoms in total. The van der Waals surface area contributed by atoms with Crippen LogP contribution in [0.5, 0.6) is 0 Å². The van der Waals surface area contributed by atoms with Crippen molar-refractivity contribution < 1.29 is 58.5 Å². The fraction of sp³-hybridized carbons (Fsp3) is 0.593. The van der Waals surface area contributed by atoms with E-state index >= 15 is 0 Å². The van der Waals surface area contributed by atoms with Gasteiger partial charge in [-0.05, 0) is 66.0 Å². The number of anilines is 1. The first-order valence-electron chi connectivity index (χ1n) is 29.2. The molecule has 2 saturated heterocycles. The molecule has 2 aliphatic rings. The van der Waals surface area contributed by atoms with Crippen molar-refractivity contribution in [3.63, 3.8) is 0 Å². The molecule has 6 heterocycles. The van der Waals surface area contributed by atoms with Crippen molar-refractivity contribution in [1.29, 1.82) is 0 Å². The Morgan fingerprint density at radius 1 is 0.787 bits per heavy atom. The summed E-state index contributed by atoms with van der Waals surface area (Å²) >= 11 is 4.45. The monoisotopic (exact) mass is 1300 g/mol. The van der Waals surface area contributed by atoms with Crippen molar-refractivity contribution in [1.82, 2.24) is 83.1 Å². The summed E-state index contributed by atoms with van der Waals surface area (Å²) in [4.78, 5) is 139. The van der Waals surface area contributed by atoms with Crippen LogP contribution >= 0.6 is 34.4 Å². The minimum Gasteiger partial charge on any atom is -0.391 e. The number of thiazole rings is 2. The van der Waals surface area contributed by atoms with Crippen LogP contribution in [-0.4, -0.2) is 197 Å². The Bertz CT molecular complexity index is 3060. The number of nitrogens with two attached hydrogens (primary N) is 4. The Morgan fingerprint density at radius 3 is 2.25 bits per heavy atom. The zero-order valence-electron chi connectivity index (χ0n) is 49.8. The number of thioether (sulfide) groups is 1. The Morgan fingerprint density at radius 2 is 1.53 bits per heavy atom. The second-order valence-electron chi connectivity index (χ2n) is 21.8. The van der Waals surface area contributed by atoms with Crippen molar-refractivity contribution in [2.45, 2.75) is 151 Å². The predicted octanol–water partition coefficient (Wildman–Crippen LogP) is -3.12. The van der Waals surface area contributed by atoms with Crippen LogP contribution < -0.4 is 76.1 Å². The fourth-order valence-corrected chi connectivity index (χ4v) is 12.7. The van der Waals surface area contributed by atoms with Crippen LogP contribution in [0.4, 0.5) is 10.6 Å². The summed E-state index contributed by atoms with van der Waals surface area (Å²) in [6.45, 7) is 7.72. The van der Waals surface area contributed by atoms with E-state index in [0.29, 0.717) is 53.4 Å². The van der Waals surface area contributed by atoms with E-state index in [4.69, 9.17) is 22.9 Å². The quantitative estimate of drug-likeness (QED) is 0.0156. The maximum atomic E-state index is 14.0. The number of nitrogen functional groups attached to an aromatic ring is 1. The molecule has 6 rings (SSSR count). The van der Waals surface area contributed by atoms with Crippen LogP contribution in [0.25, 0.3) is 10.7 Å². The highest BCUT2D eigenvalue weighted by atomic mass is 32.2. The van der Waals surface area contributed by atoms with Crippen molar-refractivity contribution >= 4 is 93.5 Å². The highest BCUT2D eigenvalue weighted by Crippen LogP contribution is 2.33. The molecule has 2 fully saturated rings. The normalized spacial score (nSPS) is 18.3. The van der Waals surface area contributed by atoms with Gasteiger partial charge in [-0.25, -0.2) is 29.7 Å². The molecule has 0 radical (unpaired) electrons. The lowest BCUT2D eigenvalue weighted by Gasteiger charge is -2.30. The van der Waals surface area contributed by atoms with Gasteiger partial charge in [-0.3, -0.25) is 38.4 Å². The molecule has 1 unspecified atom stereocenters. The van der Waals surface area contributed by atoms with Gasteiger partial charge in [0, 0.05) is 72.8 Å². The Kier molecular flexibility index (Phi) is 27.3. The van der Waals surface area contributed by atoms with Gasteiger partial charge in [0.05, 0.1) is 71.6 Å². The molecular weight excluding hydrogens is 1220 g/mol. The van der Waals surface area contributed by atoms with Crippen LogP contribution in [0, 0.1) is 12.8 Å². The summed E-state index contributed by atoms with van der Waals surface area (Å²) in [5.74, 6) is -6.44. The maximum Gasteiger partial charge on any atom is 0.315 e. The molecule has 12 atom stereocenters. The highest BCUT2D eigenvalue weighted by molar-refractivity contribution is 8.00. The van der Waals surface area contributed by atoms with E-state index in [1.807, 2.05) is 11.8 Å². The minimum absolute atomic E-state index is 0.00761. The Labute approximate surface area is 525 Å². The average molecular weight is 1300 g/mol. The molecule has 10 amide bonds. The second kappa shape index (κ2) is 34.5. The molecule has 0 aliphatic carbocycles. The average Bonchev–Trinajstić information content (AvgIpc) is 3.85. The number of unbranched alkanes of at least 4 members (excludes halogenated alkanes) is 2. The lowest BCUT2D eigenvalue weighted by molar-refractivity contribution is -0.136. The molecule has 89 heavy (non-hydrogen) atoms. The van der Waals surface area contributed by atoms with Crippen molar-refractivity contribution in [3.05, 3.63) is 56.8 Å². The van der Waals surface area contributed by atoms with Crippen LogP contribution in [0.1, 0.15) is 127 Å². The standard InChI is InChI=1S/C54H82N20O12S3/c1-25-39(70-47(74-45(25)57)30(18-36(56)76)64-19-29(55)46(58)80)51(84)72-42(44(79)31-20-60-24-65-31)52(85)66-27(3)43(78)26(2)48(81)71-40(28(4)75)50(83)63-17-12-38-67-34(23-88-38)53-68-33(22-89-53)49(82)62-16-9-14-59-13-7-8-15-61-37(77)11-6-5-10-35-41-32(21-87-35)69-54(86)73-41/h20,22-24,26-30,32,35,40-44,59,64,75,78-79H,5-19,21,55H2,1-4H3,(H2,56,76)(H2,58,80)(H,60,65)(H,61,77)(H,62,82)(H,63,83)(H,66,85)(H,71,81)(H,72,84)(H2,57,70,74)(H2,69,73,86)/t26-,27+,28+,29-,30-,32-,35-,40-,41?,42-,43-,44-/m0/s1. The van der Waals surface area contributed by atoms with Gasteiger partial charge in [0.15, 0.2) is 0 Å². The van der Waals surface area contributed by atoms with Crippen molar-refractivity contribution in [3.8, 4) is 10.7 Å². The number of hydrogen-bond acceptors (Lipinski definition) is 24. The largest absolute Gasteiger partial charge is 0.391 e. The Hall–Kier alpha value is -7.51. The number of aliphatic hydroxyl groups excluding tert-OH is 3. The van der Waals surface area contributed by atoms with Crippen LogP contribution in [-0.2, 0) is 35.2 Å². The third-order valence-corrected chi connectivity index (χ3v) is 18.1. The number of hydrogen-bond donors (Lipinski definition) is 18. The lowest BCUT2D eigenvalue weighted by atomic mass is 9.96. The second-order valence-corrected chi connectivity index (χ2v) is 24.8. The molecule has 22 N–H and O–H groups in total. The van der Waals surface area contributed by atoms with E-state index in [1.165, 1.54) is 62.9 Å². The van der Waals surface area contributed by atoms with E-state index in [-0.39, 0.29) is 83.7 Å². The van der Waals surface area contributed by atoms with E-state index in [0.717, 1.165) is 44.4 Å². The summed E-state index contributed by atoms with van der Waals surface area (Å²) in [6.07, 6.45) is 3.12. The van der Waals surface area contributed by atoms with Gasteiger partial charge in [-0.1, -0.05) is 13.3 Å². The number of aromatic nitrogens is 6. The number of carbonyl (C=O) groups is 9. The first-order valence-corrected chi connectivity index (χ1v) is 32.0. The smallest absolute Gasteiger partial charge is 0.315 e. The van der Waals surface area contributed by atoms with Crippen LogP contribution in [0.15, 0.2) is 23.3 Å². The molecule has 4 aromatic heterocycles. The number of aromatic amines is 1. The molecule has 35 heteroatoms. The number of urea groups is 1. The van der Waals surface area contributed by atoms with Gasteiger partial charge in [0.2, 0.25) is 35.4 Å². The summed E-state index contributed by atoms with van der Waals surface area (Å²) in [5, 5.41) is 66.4. The third kappa shape index (κ3) is 21.0. The number of H-pyrrole nitrogens is 1. The molecule has 0 bridgehead atoms. The van der Waals surface area contributed by atoms with Gasteiger partial charge in [-0.2, -0.15) is 11.8 Å². The molecule has 488 valence electrons. The Balaban J connectivity index is 0.893. The summed E-state index contributed by atoms with van der Waals surface area (Å²) in [6, 6.07) is -6.54. The van der Waals surface area contributed by atoms with Gasteiger partial charge in [0.1, 0.15) is 51.9 Å². The van der Waals surface area contributed by atoms with E-state index in [2.05, 4.69) is 83.1 Å². The number of aliphatic hydroxyl groups is 3. The number of imidazole rings is 1. The van der Waals surface area contributed by atoms with Crippen molar-refractivity contribution in [2.24, 2.45) is 23.1 Å². The van der Waals surface area contributed by atoms with E-state index < -0.39 is 96.3 Å². The van der Waals surface area contributed by atoms with Gasteiger partial charge in [0.25, 0.3) is 11.8 Å². The number of carbonyl (C=O) groups excluding carboxylic acids is 9. The highest BCUT2D eigenvalue weighted by Gasteiger charge is 2.43. The molecule has 0 spiro atoms. The molecule has 2 aliphatic heterocycles. The number of primary amides is 2. The fourth-order valence-electron chi connectivity index (χ4n) is 9.56. The first-order chi connectivity index (χ1) is 42.4. The number of fused-ring (bicyclic) bond motifs is 1. The van der Waals surface area contributed by atoms with E-state index in [9.17, 15) is 58.5 Å². The number of rotatable bonds is 38. The molecule has 4 aromatic rings. The van der Waals surface area contributed by atoms with E-state index in [1.54, 1.807) is 10.8 Å². The van der Waals surface area contributed by atoms with Crippen LogP contribution in [0.3, 0.4) is 0 Å². The molecule has 0 aromatic carbocycles. The number of nitrogens with zero attached hydrogens (tertiary/aromatic N) is 5. The van der Waals surface area contributed by atoms with Crippen LogP contribution in [0.2, 0.25) is 0 Å².